The Morgan fingerprint density at radius 1 is 1.31 bits per heavy atom. The van der Waals surface area contributed by atoms with E-state index in [-0.39, 0.29) is 18.3 Å². The fourth-order valence-electron chi connectivity index (χ4n) is 2.66. The average molecular weight is 246 g/mol. The van der Waals surface area contributed by atoms with Gasteiger partial charge in [-0.15, -0.1) is 0 Å². The Labute approximate surface area is 96.3 Å². The van der Waals surface area contributed by atoms with E-state index in [0.29, 0.717) is 32.3 Å². The predicted octanol–water partition coefficient (Wildman–Crippen LogP) is 1.09. The smallest absolute Gasteiger partial charge is 0.159 e. The summed E-state index contributed by atoms with van der Waals surface area (Å²) < 4.78 is 29.9. The first kappa shape index (κ1) is 12.0. The molecule has 1 aliphatic carbocycles. The molecule has 2 fully saturated rings. The van der Waals surface area contributed by atoms with Crippen molar-refractivity contribution in [2.75, 3.05) is 6.61 Å². The first-order chi connectivity index (χ1) is 7.51. The van der Waals surface area contributed by atoms with Gasteiger partial charge in [0.2, 0.25) is 0 Å². The highest BCUT2D eigenvalue weighted by molar-refractivity contribution is 7.92. The number of carbonyl (C=O) groups is 1. The first-order valence-electron chi connectivity index (χ1n) is 5.88. The molecule has 1 aliphatic heterocycles. The lowest BCUT2D eigenvalue weighted by Gasteiger charge is -2.25. The van der Waals surface area contributed by atoms with Crippen molar-refractivity contribution in [3.63, 3.8) is 0 Å². The van der Waals surface area contributed by atoms with Crippen LogP contribution < -0.4 is 0 Å². The molecule has 1 saturated heterocycles. The van der Waals surface area contributed by atoms with E-state index in [0.717, 1.165) is 0 Å². The summed E-state index contributed by atoms with van der Waals surface area (Å²) in [5, 5.41) is -0.855. The summed E-state index contributed by atoms with van der Waals surface area (Å²) in [6.07, 6.45) is 2.46. The number of carbonyl (C=O) groups excluding carboxylic acids is 1. The molecule has 0 spiro atoms. The van der Waals surface area contributed by atoms with E-state index in [1.54, 1.807) is 6.92 Å². The third-order valence-corrected chi connectivity index (χ3v) is 6.42. The van der Waals surface area contributed by atoms with Crippen LogP contribution in [0.1, 0.15) is 39.0 Å². The van der Waals surface area contributed by atoms with Gasteiger partial charge in [0, 0.05) is 19.4 Å². The van der Waals surface area contributed by atoms with Crippen LogP contribution >= 0.6 is 0 Å². The molecule has 1 saturated carbocycles. The number of ketones is 1. The van der Waals surface area contributed by atoms with Gasteiger partial charge in [0.1, 0.15) is 5.78 Å². The van der Waals surface area contributed by atoms with Crippen LogP contribution in [0.3, 0.4) is 0 Å². The highest BCUT2D eigenvalue weighted by Gasteiger charge is 2.42. The SMILES string of the molecule is CC1OCCC1S(=O)(=O)C1CCCC(=O)C1. The van der Waals surface area contributed by atoms with Crippen LogP contribution in [0.15, 0.2) is 0 Å². The van der Waals surface area contributed by atoms with E-state index in [1.807, 2.05) is 0 Å². The van der Waals surface area contributed by atoms with E-state index in [1.165, 1.54) is 0 Å². The molecule has 5 heteroatoms. The van der Waals surface area contributed by atoms with E-state index in [9.17, 15) is 13.2 Å². The van der Waals surface area contributed by atoms with Gasteiger partial charge in [0.25, 0.3) is 0 Å². The zero-order valence-corrected chi connectivity index (χ0v) is 10.3. The summed E-state index contributed by atoms with van der Waals surface area (Å²) in [4.78, 5) is 11.3. The molecular weight excluding hydrogens is 228 g/mol. The van der Waals surface area contributed by atoms with Crippen molar-refractivity contribution in [1.82, 2.24) is 0 Å². The van der Waals surface area contributed by atoms with Crippen molar-refractivity contribution < 1.29 is 17.9 Å². The topological polar surface area (TPSA) is 60.4 Å². The molecule has 92 valence electrons. The number of rotatable bonds is 2. The molecule has 0 bridgehead atoms. The van der Waals surface area contributed by atoms with Crippen LogP contribution in [0.4, 0.5) is 0 Å². The van der Waals surface area contributed by atoms with E-state index < -0.39 is 20.3 Å². The van der Waals surface area contributed by atoms with Crippen molar-refractivity contribution in [1.29, 1.82) is 0 Å². The molecule has 0 aromatic rings. The molecule has 2 rings (SSSR count). The van der Waals surface area contributed by atoms with E-state index in [2.05, 4.69) is 0 Å². The number of Topliss-reactive ketones (excluding diaryl/α,β-unsaturated/α-hetero) is 1. The standard InChI is InChI=1S/C11H18O4S/c1-8-11(5-6-15-8)16(13,14)10-4-2-3-9(12)7-10/h8,10-11H,2-7H2,1H3. The van der Waals surface area contributed by atoms with Crippen LogP contribution in [0.25, 0.3) is 0 Å². The second-order valence-electron chi connectivity index (χ2n) is 4.75. The maximum absolute atomic E-state index is 12.3. The summed E-state index contributed by atoms with van der Waals surface area (Å²) in [6.45, 7) is 2.32. The molecule has 16 heavy (non-hydrogen) atoms. The molecule has 0 aromatic heterocycles. The van der Waals surface area contributed by atoms with Gasteiger partial charge in [-0.3, -0.25) is 4.79 Å². The molecule has 0 radical (unpaired) electrons. The molecule has 0 aromatic carbocycles. The monoisotopic (exact) mass is 246 g/mol. The highest BCUT2D eigenvalue weighted by atomic mass is 32.2. The molecule has 0 amide bonds. The summed E-state index contributed by atoms with van der Waals surface area (Å²) in [5.41, 5.74) is 0. The molecular formula is C11H18O4S. The number of hydrogen-bond acceptors (Lipinski definition) is 4. The molecule has 0 N–H and O–H groups in total. The largest absolute Gasteiger partial charge is 0.377 e. The zero-order chi connectivity index (χ0) is 11.8. The van der Waals surface area contributed by atoms with Crippen LogP contribution in [0, 0.1) is 0 Å². The van der Waals surface area contributed by atoms with E-state index in [4.69, 9.17) is 4.74 Å². The van der Waals surface area contributed by atoms with Gasteiger partial charge in [-0.25, -0.2) is 8.42 Å². The van der Waals surface area contributed by atoms with Crippen molar-refractivity contribution in [3.8, 4) is 0 Å². The average Bonchev–Trinajstić information content (AvgIpc) is 2.65. The third-order valence-electron chi connectivity index (χ3n) is 3.63. The maximum atomic E-state index is 12.3. The number of ether oxygens (including phenoxy) is 1. The Hall–Kier alpha value is -0.420. The summed E-state index contributed by atoms with van der Waals surface area (Å²) in [7, 11) is -3.19. The zero-order valence-electron chi connectivity index (χ0n) is 9.52. The van der Waals surface area contributed by atoms with Gasteiger partial charge in [-0.1, -0.05) is 0 Å². The minimum absolute atomic E-state index is 0.0893. The fraction of sp³-hybridized carbons (Fsp3) is 0.909. The second-order valence-corrected chi connectivity index (χ2v) is 7.20. The van der Waals surface area contributed by atoms with Gasteiger partial charge in [0.15, 0.2) is 9.84 Å². The van der Waals surface area contributed by atoms with Crippen LogP contribution in [-0.4, -0.2) is 37.4 Å². The molecule has 2 aliphatic rings. The van der Waals surface area contributed by atoms with Crippen molar-refractivity contribution in [3.05, 3.63) is 0 Å². The lowest BCUT2D eigenvalue weighted by atomic mass is 9.99. The lowest BCUT2D eigenvalue weighted by Crippen LogP contribution is -2.38. The first-order valence-corrected chi connectivity index (χ1v) is 7.49. The van der Waals surface area contributed by atoms with Crippen LogP contribution in [-0.2, 0) is 19.4 Å². The summed E-state index contributed by atoms with van der Waals surface area (Å²) >= 11 is 0. The van der Waals surface area contributed by atoms with Gasteiger partial charge in [-0.2, -0.15) is 0 Å². The highest BCUT2D eigenvalue weighted by Crippen LogP contribution is 2.30. The van der Waals surface area contributed by atoms with Gasteiger partial charge in [-0.05, 0) is 26.2 Å². The number of hydrogen-bond donors (Lipinski definition) is 0. The van der Waals surface area contributed by atoms with Gasteiger partial charge in [0.05, 0.1) is 16.6 Å². The number of sulfone groups is 1. The Kier molecular flexibility index (Phi) is 3.35. The van der Waals surface area contributed by atoms with Gasteiger partial charge < -0.3 is 4.74 Å². The summed E-state index contributed by atoms with van der Waals surface area (Å²) in [5.74, 6) is 0.0893. The van der Waals surface area contributed by atoms with Crippen molar-refractivity contribution in [2.24, 2.45) is 0 Å². The minimum atomic E-state index is -3.19. The third kappa shape index (κ3) is 2.15. The summed E-state index contributed by atoms with van der Waals surface area (Å²) in [6, 6.07) is 0. The predicted molar refractivity (Wildman–Crippen MR) is 60.0 cm³/mol. The van der Waals surface area contributed by atoms with E-state index >= 15 is 0 Å². The van der Waals surface area contributed by atoms with Crippen LogP contribution in [0.2, 0.25) is 0 Å². The normalized spacial score (nSPS) is 36.6. The fourth-order valence-corrected chi connectivity index (χ4v) is 5.10. The second kappa shape index (κ2) is 4.45. The van der Waals surface area contributed by atoms with Crippen LogP contribution in [0.5, 0.6) is 0 Å². The molecule has 4 nitrogen and oxygen atoms in total. The molecule has 3 unspecified atom stereocenters. The quantitative estimate of drug-likeness (QED) is 0.731. The van der Waals surface area contributed by atoms with Gasteiger partial charge >= 0.3 is 0 Å². The lowest BCUT2D eigenvalue weighted by molar-refractivity contribution is -0.120. The molecule has 1 heterocycles. The Morgan fingerprint density at radius 2 is 2.06 bits per heavy atom. The van der Waals surface area contributed by atoms with Crippen molar-refractivity contribution >= 4 is 15.6 Å². The maximum Gasteiger partial charge on any atom is 0.159 e. The Balaban J connectivity index is 2.14. The Morgan fingerprint density at radius 3 is 2.62 bits per heavy atom. The minimum Gasteiger partial charge on any atom is -0.377 e. The molecule has 3 atom stereocenters. The van der Waals surface area contributed by atoms with Crippen molar-refractivity contribution in [2.45, 2.75) is 55.6 Å². The Bertz CT molecular complexity index is 373.